The van der Waals surface area contributed by atoms with E-state index in [-0.39, 0.29) is 11.1 Å². The molecule has 1 N–H and O–H groups in total. The maximum Gasteiger partial charge on any atom is 0.387 e. The van der Waals surface area contributed by atoms with E-state index in [1.54, 1.807) is 13.0 Å². The van der Waals surface area contributed by atoms with Crippen molar-refractivity contribution < 1.29 is 23.4 Å². The zero-order valence-electron chi connectivity index (χ0n) is 8.91. The smallest absolute Gasteiger partial charge is 0.387 e. The van der Waals surface area contributed by atoms with E-state index in [1.807, 2.05) is 0 Å². The van der Waals surface area contributed by atoms with Crippen LogP contribution >= 0.6 is 0 Å². The number of carboxylic acid groups (broad SMARTS) is 1. The van der Waals surface area contributed by atoms with Crippen molar-refractivity contribution >= 4 is 5.97 Å². The molecule has 0 spiro atoms. The number of carbonyl (C=O) groups is 1. The van der Waals surface area contributed by atoms with Gasteiger partial charge in [-0.15, -0.1) is 0 Å². The van der Waals surface area contributed by atoms with Crippen LogP contribution in [0.1, 0.15) is 28.4 Å². The normalized spacial score (nSPS) is 10.1. The first-order chi connectivity index (χ1) is 8.01. The fourth-order valence-corrected chi connectivity index (χ4v) is 1.47. The lowest BCUT2D eigenvalue weighted by atomic mass is 9.99. The predicted octanol–water partition coefficient (Wildman–Crippen LogP) is 2.42. The lowest BCUT2D eigenvalue weighted by Crippen LogP contribution is -2.10. The summed E-state index contributed by atoms with van der Waals surface area (Å²) in [6, 6.07) is 4.13. The lowest BCUT2D eigenvalue weighted by Gasteiger charge is -2.11. The van der Waals surface area contributed by atoms with E-state index in [1.165, 1.54) is 12.1 Å². The van der Waals surface area contributed by atoms with Gasteiger partial charge in [0.25, 0.3) is 0 Å². The maximum atomic E-state index is 12.1. The predicted molar refractivity (Wildman–Crippen MR) is 54.1 cm³/mol. The molecule has 0 unspecified atom stereocenters. The van der Waals surface area contributed by atoms with Crippen molar-refractivity contribution in [3.63, 3.8) is 0 Å². The van der Waals surface area contributed by atoms with Gasteiger partial charge in [0.2, 0.25) is 0 Å². The average molecular weight is 241 g/mol. The van der Waals surface area contributed by atoms with Crippen LogP contribution in [0.3, 0.4) is 0 Å². The van der Waals surface area contributed by atoms with Crippen molar-refractivity contribution in [2.45, 2.75) is 20.0 Å². The van der Waals surface area contributed by atoms with Gasteiger partial charge in [0.05, 0.1) is 5.56 Å². The molecule has 6 heteroatoms. The minimum absolute atomic E-state index is 0.284. The highest BCUT2D eigenvalue weighted by molar-refractivity contribution is 5.93. The zero-order valence-corrected chi connectivity index (χ0v) is 8.91. The molecule has 0 amide bonds. The van der Waals surface area contributed by atoms with E-state index < -0.39 is 18.3 Å². The van der Waals surface area contributed by atoms with Crippen molar-refractivity contribution in [2.75, 3.05) is 0 Å². The van der Waals surface area contributed by atoms with Crippen molar-refractivity contribution in [3.8, 4) is 11.8 Å². The maximum absolute atomic E-state index is 12.1. The molecule has 0 fully saturated rings. The number of nitrogens with zero attached hydrogens (tertiary/aromatic N) is 1. The number of carboxylic acids is 1. The molecule has 0 aliphatic carbocycles. The number of hydrogen-bond donors (Lipinski definition) is 1. The molecular weight excluding hydrogens is 232 g/mol. The molecule has 0 atom stereocenters. The van der Waals surface area contributed by atoms with Gasteiger partial charge in [0.15, 0.2) is 0 Å². The van der Waals surface area contributed by atoms with E-state index in [4.69, 9.17) is 10.4 Å². The molecule has 1 aromatic carbocycles. The third-order valence-electron chi connectivity index (χ3n) is 2.18. The highest BCUT2D eigenvalue weighted by Gasteiger charge is 2.20. The number of alkyl halides is 2. The summed E-state index contributed by atoms with van der Waals surface area (Å²) >= 11 is 0. The molecule has 0 aliphatic rings. The average Bonchev–Trinajstić information content (AvgIpc) is 2.27. The van der Waals surface area contributed by atoms with Crippen LogP contribution in [0.5, 0.6) is 5.75 Å². The number of benzene rings is 1. The van der Waals surface area contributed by atoms with E-state index in [2.05, 4.69) is 4.74 Å². The summed E-state index contributed by atoms with van der Waals surface area (Å²) in [5.74, 6) is -1.75. The first-order valence-corrected chi connectivity index (χ1v) is 4.75. The fourth-order valence-electron chi connectivity index (χ4n) is 1.47. The SMILES string of the molecule is CCc1ccc(OC(F)F)c(C#N)c1C(=O)O. The molecule has 90 valence electrons. The molecule has 0 aliphatic heterocycles. The van der Waals surface area contributed by atoms with Crippen LogP contribution in [0.4, 0.5) is 8.78 Å². The number of aromatic carboxylic acids is 1. The van der Waals surface area contributed by atoms with E-state index in [0.29, 0.717) is 12.0 Å². The number of hydrogen-bond acceptors (Lipinski definition) is 3. The molecule has 1 rings (SSSR count). The zero-order chi connectivity index (χ0) is 13.0. The molecule has 0 radical (unpaired) electrons. The molecule has 0 saturated heterocycles. The van der Waals surface area contributed by atoms with Crippen molar-refractivity contribution in [3.05, 3.63) is 28.8 Å². The van der Waals surface area contributed by atoms with E-state index in [0.717, 1.165) is 0 Å². The quantitative estimate of drug-likeness (QED) is 0.878. The summed E-state index contributed by atoms with van der Waals surface area (Å²) in [5, 5.41) is 17.8. The van der Waals surface area contributed by atoms with Crippen LogP contribution in [-0.4, -0.2) is 17.7 Å². The molecule has 1 aromatic rings. The van der Waals surface area contributed by atoms with Crippen LogP contribution in [-0.2, 0) is 6.42 Å². The van der Waals surface area contributed by atoms with Gasteiger partial charge < -0.3 is 9.84 Å². The summed E-state index contributed by atoms with van der Waals surface area (Å²) in [6.07, 6.45) is 0.380. The lowest BCUT2D eigenvalue weighted by molar-refractivity contribution is -0.0501. The Morgan fingerprint density at radius 1 is 1.59 bits per heavy atom. The Hall–Kier alpha value is -2.16. The van der Waals surface area contributed by atoms with Crippen molar-refractivity contribution in [2.24, 2.45) is 0 Å². The van der Waals surface area contributed by atoms with E-state index >= 15 is 0 Å². The topological polar surface area (TPSA) is 70.3 Å². The minimum Gasteiger partial charge on any atom is -0.478 e. The highest BCUT2D eigenvalue weighted by atomic mass is 19.3. The molecule has 0 aromatic heterocycles. The third-order valence-corrected chi connectivity index (χ3v) is 2.18. The van der Waals surface area contributed by atoms with Gasteiger partial charge in [-0.1, -0.05) is 13.0 Å². The molecule has 0 bridgehead atoms. The van der Waals surface area contributed by atoms with Crippen LogP contribution in [0.15, 0.2) is 12.1 Å². The largest absolute Gasteiger partial charge is 0.478 e. The van der Waals surface area contributed by atoms with Crippen LogP contribution < -0.4 is 4.74 Å². The number of halogens is 2. The highest BCUT2D eigenvalue weighted by Crippen LogP contribution is 2.27. The number of rotatable bonds is 4. The van der Waals surface area contributed by atoms with Crippen molar-refractivity contribution in [1.29, 1.82) is 5.26 Å². The van der Waals surface area contributed by atoms with Gasteiger partial charge in [0, 0.05) is 0 Å². The Labute approximate surface area is 96.0 Å². The summed E-state index contributed by atoms with van der Waals surface area (Å²) in [5.41, 5.74) is -0.263. The second kappa shape index (κ2) is 5.25. The Kier molecular flexibility index (Phi) is 3.99. The second-order valence-electron chi connectivity index (χ2n) is 3.12. The van der Waals surface area contributed by atoms with Gasteiger partial charge in [-0.05, 0) is 18.1 Å². The summed E-state index contributed by atoms with van der Waals surface area (Å²) in [4.78, 5) is 11.0. The molecule has 17 heavy (non-hydrogen) atoms. The summed E-state index contributed by atoms with van der Waals surface area (Å²) < 4.78 is 28.3. The standard InChI is InChI=1S/C11H9F2NO3/c1-2-6-3-4-8(17-11(12)13)7(5-14)9(6)10(15)16/h3-4,11H,2H2,1H3,(H,15,16). The van der Waals surface area contributed by atoms with Gasteiger partial charge in [-0.25, -0.2) is 4.79 Å². The molecule has 0 saturated carbocycles. The fraction of sp³-hybridized carbons (Fsp3) is 0.273. The van der Waals surface area contributed by atoms with Crippen molar-refractivity contribution in [1.82, 2.24) is 0 Å². The Morgan fingerprint density at radius 2 is 2.24 bits per heavy atom. The number of aryl methyl sites for hydroxylation is 1. The van der Waals surface area contributed by atoms with Gasteiger partial charge >= 0.3 is 12.6 Å². The summed E-state index contributed by atoms with van der Waals surface area (Å²) in [6.45, 7) is -1.40. The Bertz CT molecular complexity index is 480. The first kappa shape index (κ1) is 12.9. The molecule has 0 heterocycles. The summed E-state index contributed by atoms with van der Waals surface area (Å²) in [7, 11) is 0. The first-order valence-electron chi connectivity index (χ1n) is 4.75. The second-order valence-corrected chi connectivity index (χ2v) is 3.12. The molecule has 4 nitrogen and oxygen atoms in total. The molecular formula is C11H9F2NO3. The monoisotopic (exact) mass is 241 g/mol. The van der Waals surface area contributed by atoms with E-state index in [9.17, 15) is 13.6 Å². The number of ether oxygens (including phenoxy) is 1. The van der Waals surface area contributed by atoms with Gasteiger partial charge in [-0.2, -0.15) is 14.0 Å². The van der Waals surface area contributed by atoms with Crippen LogP contribution in [0.25, 0.3) is 0 Å². The van der Waals surface area contributed by atoms with Crippen LogP contribution in [0, 0.1) is 11.3 Å². The Morgan fingerprint density at radius 3 is 2.65 bits per heavy atom. The Balaban J connectivity index is 3.42. The number of nitriles is 1. The van der Waals surface area contributed by atoms with Gasteiger partial charge in [-0.3, -0.25) is 0 Å². The van der Waals surface area contributed by atoms with Gasteiger partial charge in [0.1, 0.15) is 17.4 Å². The van der Waals surface area contributed by atoms with Crippen LogP contribution in [0.2, 0.25) is 0 Å². The third kappa shape index (κ3) is 2.69. The minimum atomic E-state index is -3.10.